The molecule has 0 unspecified atom stereocenters. The van der Waals surface area contributed by atoms with Gasteiger partial charge in [-0.05, 0) is 19.4 Å². The van der Waals surface area contributed by atoms with Crippen molar-refractivity contribution >= 4 is 11.6 Å². The lowest BCUT2D eigenvalue weighted by atomic mass is 10.0. The van der Waals surface area contributed by atoms with Crippen molar-refractivity contribution in [1.29, 1.82) is 0 Å². The fourth-order valence-electron chi connectivity index (χ4n) is 1.55. The molecule has 0 aliphatic heterocycles. The molecule has 2 aromatic rings. The van der Waals surface area contributed by atoms with Gasteiger partial charge in [0.05, 0.1) is 16.9 Å². The predicted octanol–water partition coefficient (Wildman–Crippen LogP) is 3.35. The van der Waals surface area contributed by atoms with E-state index in [0.29, 0.717) is 5.02 Å². The van der Waals surface area contributed by atoms with E-state index in [1.807, 2.05) is 0 Å². The van der Waals surface area contributed by atoms with Crippen molar-refractivity contribution < 1.29 is 0 Å². The van der Waals surface area contributed by atoms with Crippen LogP contribution >= 0.6 is 11.6 Å². The van der Waals surface area contributed by atoms with E-state index in [2.05, 4.69) is 42.2 Å². The molecule has 0 aliphatic rings. The van der Waals surface area contributed by atoms with Gasteiger partial charge in [0.2, 0.25) is 0 Å². The lowest BCUT2D eigenvalue weighted by molar-refractivity contribution is 1.09. The van der Waals surface area contributed by atoms with Gasteiger partial charge in [-0.25, -0.2) is 0 Å². The highest BCUT2D eigenvalue weighted by atomic mass is 35.5. The number of H-pyrrole nitrogens is 1. The quantitative estimate of drug-likeness (QED) is 0.762. The van der Waals surface area contributed by atoms with Crippen LogP contribution in [0.15, 0.2) is 24.4 Å². The zero-order valence-electron chi connectivity index (χ0n) is 8.13. The summed E-state index contributed by atoms with van der Waals surface area (Å²) < 4.78 is 0. The zero-order chi connectivity index (χ0) is 10.1. The number of aryl methyl sites for hydroxylation is 2. The maximum absolute atomic E-state index is 5.99. The Hall–Kier alpha value is -1.28. The number of hydrogen-bond donors (Lipinski definition) is 1. The molecule has 0 saturated carbocycles. The first kappa shape index (κ1) is 9.28. The van der Waals surface area contributed by atoms with Crippen LogP contribution in [0.5, 0.6) is 0 Å². The molecule has 2 rings (SSSR count). The number of halogens is 1. The number of aromatic nitrogens is 2. The van der Waals surface area contributed by atoms with Crippen molar-refractivity contribution in [3.8, 4) is 11.3 Å². The van der Waals surface area contributed by atoms with Gasteiger partial charge in [0.15, 0.2) is 0 Å². The largest absolute Gasteiger partial charge is 0.276 e. The Morgan fingerprint density at radius 3 is 2.64 bits per heavy atom. The molecule has 0 bridgehead atoms. The molecule has 0 amide bonds. The van der Waals surface area contributed by atoms with Gasteiger partial charge in [0.1, 0.15) is 0 Å². The summed E-state index contributed by atoms with van der Waals surface area (Å²) in [4.78, 5) is 0. The predicted molar refractivity (Wildman–Crippen MR) is 58.5 cm³/mol. The number of benzene rings is 1. The molecule has 14 heavy (non-hydrogen) atoms. The first-order valence-electron chi connectivity index (χ1n) is 4.45. The molecular weight excluding hydrogens is 196 g/mol. The molecule has 1 N–H and O–H groups in total. The number of aromatic amines is 1. The first-order chi connectivity index (χ1) is 6.68. The third-order valence-corrected chi connectivity index (χ3v) is 2.53. The Morgan fingerprint density at radius 2 is 2.07 bits per heavy atom. The maximum atomic E-state index is 5.99. The van der Waals surface area contributed by atoms with Gasteiger partial charge >= 0.3 is 0 Å². The summed E-state index contributed by atoms with van der Waals surface area (Å²) >= 11 is 5.99. The molecule has 3 heteroatoms. The van der Waals surface area contributed by atoms with E-state index in [4.69, 9.17) is 11.6 Å². The summed E-state index contributed by atoms with van der Waals surface area (Å²) in [7, 11) is 0. The summed E-state index contributed by atoms with van der Waals surface area (Å²) in [6.07, 6.45) is 1.62. The van der Waals surface area contributed by atoms with E-state index in [1.54, 1.807) is 6.20 Å². The SMILES string of the molecule is Cc1ccc(-c2[nH]ncc2Cl)c(C)c1. The minimum atomic E-state index is 0.664. The molecule has 72 valence electrons. The molecule has 0 atom stereocenters. The van der Waals surface area contributed by atoms with Crippen LogP contribution in [0.3, 0.4) is 0 Å². The van der Waals surface area contributed by atoms with E-state index in [0.717, 1.165) is 11.3 Å². The van der Waals surface area contributed by atoms with Crippen LogP contribution in [0.2, 0.25) is 5.02 Å². The summed E-state index contributed by atoms with van der Waals surface area (Å²) in [5.41, 5.74) is 4.46. The highest BCUT2D eigenvalue weighted by Crippen LogP contribution is 2.28. The lowest BCUT2D eigenvalue weighted by Crippen LogP contribution is -1.85. The standard InChI is InChI=1S/C11H11ClN2/c1-7-3-4-9(8(2)5-7)11-10(12)6-13-14-11/h3-6H,1-2H3,(H,13,14). The van der Waals surface area contributed by atoms with Crippen LogP contribution in [0.4, 0.5) is 0 Å². The summed E-state index contributed by atoms with van der Waals surface area (Å²) in [6.45, 7) is 4.14. The Kier molecular flexibility index (Phi) is 2.30. The zero-order valence-corrected chi connectivity index (χ0v) is 8.89. The van der Waals surface area contributed by atoms with Gasteiger partial charge in [-0.2, -0.15) is 5.10 Å². The van der Waals surface area contributed by atoms with Crippen molar-refractivity contribution in [1.82, 2.24) is 10.2 Å². The number of nitrogens with one attached hydrogen (secondary N) is 1. The molecule has 0 spiro atoms. The summed E-state index contributed by atoms with van der Waals surface area (Å²) in [5.74, 6) is 0. The molecule has 0 fully saturated rings. The molecule has 0 radical (unpaired) electrons. The second-order valence-corrected chi connectivity index (χ2v) is 3.82. The third kappa shape index (κ3) is 1.53. The van der Waals surface area contributed by atoms with Crippen molar-refractivity contribution in [2.24, 2.45) is 0 Å². The maximum Gasteiger partial charge on any atom is 0.0863 e. The van der Waals surface area contributed by atoms with E-state index < -0.39 is 0 Å². The van der Waals surface area contributed by atoms with Crippen LogP contribution in [0.25, 0.3) is 11.3 Å². The van der Waals surface area contributed by atoms with Crippen LogP contribution in [0, 0.1) is 13.8 Å². The van der Waals surface area contributed by atoms with Crippen LogP contribution in [0.1, 0.15) is 11.1 Å². The summed E-state index contributed by atoms with van der Waals surface area (Å²) in [6, 6.07) is 6.26. The molecule has 1 aromatic heterocycles. The minimum absolute atomic E-state index is 0.664. The highest BCUT2D eigenvalue weighted by molar-refractivity contribution is 6.33. The number of hydrogen-bond acceptors (Lipinski definition) is 1. The van der Waals surface area contributed by atoms with Gasteiger partial charge in [0, 0.05) is 5.56 Å². The molecule has 0 saturated heterocycles. The smallest absolute Gasteiger partial charge is 0.0863 e. The first-order valence-corrected chi connectivity index (χ1v) is 4.83. The molecule has 0 aliphatic carbocycles. The third-order valence-electron chi connectivity index (χ3n) is 2.24. The fourth-order valence-corrected chi connectivity index (χ4v) is 1.75. The average Bonchev–Trinajstić information content (AvgIpc) is 2.52. The van der Waals surface area contributed by atoms with E-state index in [-0.39, 0.29) is 0 Å². The van der Waals surface area contributed by atoms with Crippen molar-refractivity contribution in [2.45, 2.75) is 13.8 Å². The van der Waals surface area contributed by atoms with Crippen molar-refractivity contribution in [3.05, 3.63) is 40.5 Å². The Morgan fingerprint density at radius 1 is 1.29 bits per heavy atom. The van der Waals surface area contributed by atoms with E-state index >= 15 is 0 Å². The topological polar surface area (TPSA) is 28.7 Å². The van der Waals surface area contributed by atoms with Gasteiger partial charge in [-0.15, -0.1) is 0 Å². The van der Waals surface area contributed by atoms with Crippen molar-refractivity contribution in [2.75, 3.05) is 0 Å². The van der Waals surface area contributed by atoms with Gasteiger partial charge < -0.3 is 0 Å². The Balaban J connectivity index is 2.58. The van der Waals surface area contributed by atoms with Gasteiger partial charge in [-0.1, -0.05) is 35.4 Å². The highest BCUT2D eigenvalue weighted by Gasteiger charge is 2.07. The van der Waals surface area contributed by atoms with Crippen LogP contribution < -0.4 is 0 Å². The fraction of sp³-hybridized carbons (Fsp3) is 0.182. The van der Waals surface area contributed by atoms with Crippen LogP contribution in [-0.4, -0.2) is 10.2 Å². The van der Waals surface area contributed by atoms with Crippen molar-refractivity contribution in [3.63, 3.8) is 0 Å². The van der Waals surface area contributed by atoms with Crippen LogP contribution in [-0.2, 0) is 0 Å². The molecular formula is C11H11ClN2. The normalized spacial score (nSPS) is 10.5. The summed E-state index contributed by atoms with van der Waals surface area (Å²) in [5, 5.41) is 7.47. The monoisotopic (exact) mass is 206 g/mol. The second kappa shape index (κ2) is 3.46. The lowest BCUT2D eigenvalue weighted by Gasteiger charge is -2.04. The number of nitrogens with zero attached hydrogens (tertiary/aromatic N) is 1. The number of rotatable bonds is 1. The molecule has 1 aromatic carbocycles. The van der Waals surface area contributed by atoms with E-state index in [9.17, 15) is 0 Å². The minimum Gasteiger partial charge on any atom is -0.276 e. The second-order valence-electron chi connectivity index (χ2n) is 3.41. The Bertz CT molecular complexity index is 460. The van der Waals surface area contributed by atoms with Gasteiger partial charge in [0.25, 0.3) is 0 Å². The Labute approximate surface area is 87.9 Å². The molecule has 1 heterocycles. The average molecular weight is 207 g/mol. The van der Waals surface area contributed by atoms with Gasteiger partial charge in [-0.3, -0.25) is 5.10 Å². The van der Waals surface area contributed by atoms with E-state index in [1.165, 1.54) is 11.1 Å². The molecule has 2 nitrogen and oxygen atoms in total.